The van der Waals surface area contributed by atoms with Crippen molar-refractivity contribution in [3.05, 3.63) is 77.5 Å². The lowest BCUT2D eigenvalue weighted by atomic mass is 9.92. The highest BCUT2D eigenvalue weighted by molar-refractivity contribution is 5.89. The van der Waals surface area contributed by atoms with Crippen LogP contribution < -0.4 is 10.6 Å². The van der Waals surface area contributed by atoms with Crippen molar-refractivity contribution >= 4 is 11.8 Å². The molecule has 0 bridgehead atoms. The largest absolute Gasteiger partial charge is 0.334 e. The van der Waals surface area contributed by atoms with Crippen LogP contribution in [0.5, 0.6) is 0 Å². The van der Waals surface area contributed by atoms with E-state index in [1.54, 1.807) is 4.68 Å². The van der Waals surface area contributed by atoms with Gasteiger partial charge < -0.3 is 5.32 Å². The summed E-state index contributed by atoms with van der Waals surface area (Å²) in [5, 5.41) is 10.9. The van der Waals surface area contributed by atoms with Gasteiger partial charge in [-0.15, -0.1) is 0 Å². The normalized spacial score (nSPS) is 14.0. The molecule has 0 saturated carbocycles. The monoisotopic (exact) mass is 374 g/mol. The molecule has 0 saturated heterocycles. The van der Waals surface area contributed by atoms with Crippen LogP contribution in [0.2, 0.25) is 0 Å². The summed E-state index contributed by atoms with van der Waals surface area (Å²) in [6.07, 6.45) is 1.74. The number of benzene rings is 2. The summed E-state index contributed by atoms with van der Waals surface area (Å²) in [6, 6.07) is 20.1. The van der Waals surface area contributed by atoms with Crippen molar-refractivity contribution in [1.82, 2.24) is 15.1 Å². The summed E-state index contributed by atoms with van der Waals surface area (Å²) in [4.78, 5) is 12.7. The third kappa shape index (κ3) is 3.79. The van der Waals surface area contributed by atoms with Gasteiger partial charge in [-0.25, -0.2) is 9.48 Å². The number of hydrogen-bond donors (Lipinski definition) is 2. The predicted octanol–water partition coefficient (Wildman–Crippen LogP) is 4.46. The minimum atomic E-state index is -0.199. The molecule has 3 aromatic rings. The summed E-state index contributed by atoms with van der Waals surface area (Å²) < 4.78 is 1.80. The van der Waals surface area contributed by atoms with Crippen LogP contribution in [0.4, 0.5) is 10.6 Å². The average Bonchev–Trinajstić information content (AvgIpc) is 3.25. The van der Waals surface area contributed by atoms with Gasteiger partial charge in [-0.2, -0.15) is 5.10 Å². The first kappa shape index (κ1) is 18.3. The smallest absolute Gasteiger partial charge is 0.320 e. The van der Waals surface area contributed by atoms with E-state index in [-0.39, 0.29) is 17.5 Å². The molecule has 1 heterocycles. The number of aromatic nitrogens is 2. The van der Waals surface area contributed by atoms with Gasteiger partial charge in [0, 0.05) is 17.5 Å². The Hall–Kier alpha value is -3.08. The lowest BCUT2D eigenvalue weighted by Gasteiger charge is -2.14. The average molecular weight is 374 g/mol. The molecule has 4 rings (SSSR count). The molecule has 2 aromatic carbocycles. The van der Waals surface area contributed by atoms with Crippen LogP contribution in [0.3, 0.4) is 0 Å². The maximum atomic E-state index is 12.7. The van der Waals surface area contributed by atoms with E-state index in [0.717, 1.165) is 24.2 Å². The predicted molar refractivity (Wildman–Crippen MR) is 112 cm³/mol. The van der Waals surface area contributed by atoms with Gasteiger partial charge in [0.05, 0.1) is 11.4 Å². The third-order valence-electron chi connectivity index (χ3n) is 5.11. The summed E-state index contributed by atoms with van der Waals surface area (Å²) >= 11 is 0. The van der Waals surface area contributed by atoms with Crippen molar-refractivity contribution in [3.63, 3.8) is 0 Å². The van der Waals surface area contributed by atoms with Gasteiger partial charge in [0.1, 0.15) is 5.82 Å². The van der Waals surface area contributed by atoms with Gasteiger partial charge in [0.25, 0.3) is 0 Å². The molecule has 5 heteroatoms. The first-order valence-electron chi connectivity index (χ1n) is 9.70. The molecule has 28 heavy (non-hydrogen) atoms. The van der Waals surface area contributed by atoms with Gasteiger partial charge >= 0.3 is 6.03 Å². The highest BCUT2D eigenvalue weighted by Crippen LogP contribution is 2.26. The zero-order valence-electron chi connectivity index (χ0n) is 16.6. The van der Waals surface area contributed by atoms with E-state index in [1.165, 1.54) is 11.1 Å². The van der Waals surface area contributed by atoms with E-state index in [2.05, 4.69) is 43.5 Å². The summed E-state index contributed by atoms with van der Waals surface area (Å²) in [5.41, 5.74) is 4.37. The standard InChI is InChI=1S/C23H26N4O/c1-23(2,3)20-15-21(27(26-20)19-11-5-4-6-12-19)25-22(28)24-18-13-16-9-7-8-10-17(16)14-18/h4-12,15,18H,13-14H2,1-3H3,(H2,24,25,28). The Bertz CT molecular complexity index is 960. The molecule has 5 nitrogen and oxygen atoms in total. The fourth-order valence-corrected chi connectivity index (χ4v) is 3.60. The summed E-state index contributed by atoms with van der Waals surface area (Å²) in [7, 11) is 0. The number of hydrogen-bond acceptors (Lipinski definition) is 2. The van der Waals surface area contributed by atoms with Crippen molar-refractivity contribution < 1.29 is 4.79 Å². The molecule has 0 atom stereocenters. The highest BCUT2D eigenvalue weighted by Gasteiger charge is 2.24. The molecule has 0 spiro atoms. The minimum Gasteiger partial charge on any atom is -0.334 e. The van der Waals surface area contributed by atoms with Gasteiger partial charge in [0.15, 0.2) is 0 Å². The summed E-state index contributed by atoms with van der Waals surface area (Å²) in [5.74, 6) is 0.670. The molecule has 0 fully saturated rings. The van der Waals surface area contributed by atoms with Crippen LogP contribution in [-0.2, 0) is 18.3 Å². The molecular weight excluding hydrogens is 348 g/mol. The first-order chi connectivity index (χ1) is 13.4. The molecule has 0 aliphatic heterocycles. The zero-order valence-corrected chi connectivity index (χ0v) is 16.6. The second kappa shape index (κ2) is 7.15. The number of rotatable bonds is 3. The van der Waals surface area contributed by atoms with Crippen LogP contribution in [0.1, 0.15) is 37.6 Å². The fourth-order valence-electron chi connectivity index (χ4n) is 3.60. The van der Waals surface area contributed by atoms with E-state index in [1.807, 2.05) is 48.5 Å². The Morgan fingerprint density at radius 3 is 2.21 bits per heavy atom. The molecule has 0 unspecified atom stereocenters. The van der Waals surface area contributed by atoms with Gasteiger partial charge in [-0.3, -0.25) is 5.32 Å². The van der Waals surface area contributed by atoms with Crippen molar-refractivity contribution in [3.8, 4) is 5.69 Å². The molecule has 1 aliphatic carbocycles. The van der Waals surface area contributed by atoms with Crippen molar-refractivity contribution in [1.29, 1.82) is 0 Å². The molecule has 1 aliphatic rings. The third-order valence-corrected chi connectivity index (χ3v) is 5.11. The maximum absolute atomic E-state index is 12.7. The van der Waals surface area contributed by atoms with E-state index in [0.29, 0.717) is 5.82 Å². The number of nitrogens with one attached hydrogen (secondary N) is 2. The zero-order chi connectivity index (χ0) is 19.7. The Balaban J connectivity index is 1.52. The highest BCUT2D eigenvalue weighted by atomic mass is 16.2. The molecule has 0 radical (unpaired) electrons. The Labute approximate surface area is 165 Å². The number of para-hydroxylation sites is 1. The number of urea groups is 1. The number of amides is 2. The van der Waals surface area contributed by atoms with Crippen LogP contribution in [0.15, 0.2) is 60.7 Å². The fraction of sp³-hybridized carbons (Fsp3) is 0.304. The lowest BCUT2D eigenvalue weighted by molar-refractivity contribution is 0.248. The number of carbonyl (C=O) groups excluding carboxylic acids is 1. The van der Waals surface area contributed by atoms with Gasteiger partial charge in [-0.1, -0.05) is 63.2 Å². The van der Waals surface area contributed by atoms with E-state index >= 15 is 0 Å². The Morgan fingerprint density at radius 2 is 1.61 bits per heavy atom. The lowest BCUT2D eigenvalue weighted by Crippen LogP contribution is -2.38. The van der Waals surface area contributed by atoms with Gasteiger partial charge in [-0.05, 0) is 36.1 Å². The molecule has 1 aromatic heterocycles. The number of carbonyl (C=O) groups is 1. The van der Waals surface area contributed by atoms with Crippen LogP contribution in [-0.4, -0.2) is 21.9 Å². The van der Waals surface area contributed by atoms with E-state index < -0.39 is 0 Å². The van der Waals surface area contributed by atoms with Crippen molar-refractivity contribution in [2.24, 2.45) is 0 Å². The van der Waals surface area contributed by atoms with Crippen LogP contribution in [0.25, 0.3) is 5.69 Å². The summed E-state index contributed by atoms with van der Waals surface area (Å²) in [6.45, 7) is 6.35. The number of nitrogens with zero attached hydrogens (tertiary/aromatic N) is 2. The Kier molecular flexibility index (Phi) is 4.67. The molecule has 2 N–H and O–H groups in total. The van der Waals surface area contributed by atoms with Crippen LogP contribution >= 0.6 is 0 Å². The second-order valence-corrected chi connectivity index (χ2v) is 8.38. The number of fused-ring (bicyclic) bond motifs is 1. The maximum Gasteiger partial charge on any atom is 0.320 e. The van der Waals surface area contributed by atoms with Gasteiger partial charge in [0.2, 0.25) is 0 Å². The molecule has 2 amide bonds. The second-order valence-electron chi connectivity index (χ2n) is 8.38. The van der Waals surface area contributed by atoms with Crippen LogP contribution in [0, 0.1) is 0 Å². The SMILES string of the molecule is CC(C)(C)c1cc(NC(=O)NC2Cc3ccccc3C2)n(-c2ccccc2)n1. The first-order valence-corrected chi connectivity index (χ1v) is 9.70. The quantitative estimate of drug-likeness (QED) is 0.711. The minimum absolute atomic E-state index is 0.111. The van der Waals surface area contributed by atoms with E-state index in [4.69, 9.17) is 5.10 Å². The Morgan fingerprint density at radius 1 is 1.00 bits per heavy atom. The van der Waals surface area contributed by atoms with Crippen molar-refractivity contribution in [2.75, 3.05) is 5.32 Å². The topological polar surface area (TPSA) is 59.0 Å². The molecule has 144 valence electrons. The molecular formula is C23H26N4O. The number of anilines is 1. The van der Waals surface area contributed by atoms with E-state index in [9.17, 15) is 4.79 Å². The van der Waals surface area contributed by atoms with Crippen molar-refractivity contribution in [2.45, 2.75) is 45.1 Å².